The Hall–Kier alpha value is -4.18. The Morgan fingerprint density at radius 1 is 0.833 bits per heavy atom. The molecule has 0 aliphatic rings. The summed E-state index contributed by atoms with van der Waals surface area (Å²) >= 11 is 0. The number of aryl methyl sites for hydroxylation is 1. The highest BCUT2D eigenvalue weighted by atomic mass is 19.1. The summed E-state index contributed by atoms with van der Waals surface area (Å²) < 4.78 is 14.3. The molecule has 1 atom stereocenters. The number of amides is 1. The van der Waals surface area contributed by atoms with Crippen LogP contribution < -0.4 is 5.32 Å². The molecule has 0 saturated carbocycles. The van der Waals surface area contributed by atoms with E-state index in [9.17, 15) is 9.18 Å². The molecule has 4 aromatic carbocycles. The van der Waals surface area contributed by atoms with Crippen LogP contribution in [-0.4, -0.2) is 10.9 Å². The fraction of sp³-hybridized carbons (Fsp3) is 0.156. The smallest absolute Gasteiger partial charge is 0.221 e. The molecular formula is C32H29FN2O. The van der Waals surface area contributed by atoms with Gasteiger partial charge in [0.25, 0.3) is 0 Å². The van der Waals surface area contributed by atoms with Gasteiger partial charge in [-0.2, -0.15) is 0 Å². The summed E-state index contributed by atoms with van der Waals surface area (Å²) in [6.07, 6.45) is 3.07. The standard InChI is InChI=1S/C32H29FN2O/c1-2-22-15-10-18-27-29(21-34-32(22)27)28(25-16-9-17-26(33)19-25)20-30(36)35-31(23-11-5-3-6-12-23)24-13-7-4-8-14-24/h3-19,21,28,31,34H,2,20H2,1H3,(H,35,36). The van der Waals surface area contributed by atoms with Gasteiger partial charge >= 0.3 is 0 Å². The zero-order chi connectivity index (χ0) is 24.9. The van der Waals surface area contributed by atoms with E-state index in [-0.39, 0.29) is 30.1 Å². The van der Waals surface area contributed by atoms with Crippen molar-refractivity contribution in [1.82, 2.24) is 10.3 Å². The van der Waals surface area contributed by atoms with Crippen LogP contribution in [0.3, 0.4) is 0 Å². The SMILES string of the molecule is CCc1cccc2c(C(CC(=O)NC(c3ccccc3)c3ccccc3)c3cccc(F)c3)c[nH]c12. The molecule has 1 amide bonds. The highest BCUT2D eigenvalue weighted by Gasteiger charge is 2.24. The van der Waals surface area contributed by atoms with Gasteiger partial charge in [-0.1, -0.05) is 97.9 Å². The summed E-state index contributed by atoms with van der Waals surface area (Å²) in [6.45, 7) is 2.13. The molecular weight excluding hydrogens is 447 g/mol. The van der Waals surface area contributed by atoms with Crippen LogP contribution in [0, 0.1) is 5.82 Å². The van der Waals surface area contributed by atoms with Crippen LogP contribution in [0.15, 0.2) is 109 Å². The summed E-state index contributed by atoms with van der Waals surface area (Å²) in [5.41, 5.74) is 6.09. The lowest BCUT2D eigenvalue weighted by atomic mass is 9.87. The number of hydrogen-bond acceptors (Lipinski definition) is 1. The molecule has 0 spiro atoms. The Labute approximate surface area is 211 Å². The van der Waals surface area contributed by atoms with Gasteiger partial charge in [0.2, 0.25) is 5.91 Å². The summed E-state index contributed by atoms with van der Waals surface area (Å²) in [4.78, 5) is 17.0. The molecule has 4 heteroatoms. The lowest BCUT2D eigenvalue weighted by Gasteiger charge is -2.23. The van der Waals surface area contributed by atoms with Crippen LogP contribution in [-0.2, 0) is 11.2 Å². The van der Waals surface area contributed by atoms with Gasteiger partial charge in [0.15, 0.2) is 0 Å². The van der Waals surface area contributed by atoms with E-state index in [2.05, 4.69) is 29.4 Å². The van der Waals surface area contributed by atoms with Crippen molar-refractivity contribution in [2.45, 2.75) is 31.7 Å². The number of H-pyrrole nitrogens is 1. The average Bonchev–Trinajstić information content (AvgIpc) is 3.35. The fourth-order valence-electron chi connectivity index (χ4n) is 5.01. The number of nitrogens with one attached hydrogen (secondary N) is 2. The van der Waals surface area contributed by atoms with Crippen molar-refractivity contribution in [3.8, 4) is 0 Å². The second kappa shape index (κ2) is 10.6. The Bertz CT molecular complexity index is 1420. The Kier molecular flexibility index (Phi) is 6.94. The average molecular weight is 477 g/mol. The molecule has 0 aliphatic heterocycles. The molecule has 0 aliphatic carbocycles. The van der Waals surface area contributed by atoms with E-state index in [1.807, 2.05) is 79.0 Å². The molecule has 180 valence electrons. The maximum absolute atomic E-state index is 14.3. The number of aromatic nitrogens is 1. The van der Waals surface area contributed by atoms with Gasteiger partial charge < -0.3 is 10.3 Å². The van der Waals surface area contributed by atoms with Crippen LogP contribution in [0.1, 0.15) is 53.1 Å². The minimum absolute atomic E-state index is 0.0945. The number of carbonyl (C=O) groups is 1. The van der Waals surface area contributed by atoms with E-state index in [4.69, 9.17) is 0 Å². The number of benzene rings is 4. The third-order valence-corrected chi connectivity index (χ3v) is 6.80. The highest BCUT2D eigenvalue weighted by Crippen LogP contribution is 2.35. The number of aromatic amines is 1. The third kappa shape index (κ3) is 4.94. The number of halogens is 1. The largest absolute Gasteiger partial charge is 0.361 e. The number of rotatable bonds is 8. The molecule has 2 N–H and O–H groups in total. The quantitative estimate of drug-likeness (QED) is 0.243. The lowest BCUT2D eigenvalue weighted by Crippen LogP contribution is -2.30. The van der Waals surface area contributed by atoms with Crippen molar-refractivity contribution in [2.24, 2.45) is 0 Å². The first kappa shape index (κ1) is 23.6. The number of fused-ring (bicyclic) bond motifs is 1. The first-order valence-corrected chi connectivity index (χ1v) is 12.4. The van der Waals surface area contributed by atoms with E-state index in [1.165, 1.54) is 17.7 Å². The van der Waals surface area contributed by atoms with Crippen LogP contribution in [0.25, 0.3) is 10.9 Å². The molecule has 3 nitrogen and oxygen atoms in total. The molecule has 0 bridgehead atoms. The van der Waals surface area contributed by atoms with Crippen molar-refractivity contribution in [3.05, 3.63) is 143 Å². The van der Waals surface area contributed by atoms with E-state index < -0.39 is 0 Å². The van der Waals surface area contributed by atoms with Crippen molar-refractivity contribution < 1.29 is 9.18 Å². The van der Waals surface area contributed by atoms with Crippen molar-refractivity contribution in [2.75, 3.05) is 0 Å². The van der Waals surface area contributed by atoms with E-state index >= 15 is 0 Å². The van der Waals surface area contributed by atoms with Crippen molar-refractivity contribution in [1.29, 1.82) is 0 Å². The predicted octanol–water partition coefficient (Wildman–Crippen LogP) is 7.30. The number of hydrogen-bond donors (Lipinski definition) is 2. The zero-order valence-electron chi connectivity index (χ0n) is 20.2. The van der Waals surface area contributed by atoms with Gasteiger partial charge in [-0.25, -0.2) is 4.39 Å². The molecule has 1 unspecified atom stereocenters. The minimum Gasteiger partial charge on any atom is -0.361 e. The van der Waals surface area contributed by atoms with Gasteiger partial charge in [0.05, 0.1) is 6.04 Å². The molecule has 0 saturated heterocycles. The Balaban J connectivity index is 1.51. The number of carbonyl (C=O) groups excluding carboxylic acids is 1. The molecule has 36 heavy (non-hydrogen) atoms. The second-order valence-electron chi connectivity index (χ2n) is 9.07. The first-order chi connectivity index (χ1) is 17.6. The molecule has 5 aromatic rings. The van der Waals surface area contributed by atoms with Gasteiger partial charge in [0.1, 0.15) is 5.82 Å². The minimum atomic E-state index is -0.307. The molecule has 0 fully saturated rings. The molecule has 1 aromatic heterocycles. The predicted molar refractivity (Wildman–Crippen MR) is 143 cm³/mol. The molecule has 1 heterocycles. The fourth-order valence-corrected chi connectivity index (χ4v) is 5.01. The molecule has 5 rings (SSSR count). The maximum atomic E-state index is 14.3. The van der Waals surface area contributed by atoms with Gasteiger partial charge in [-0.05, 0) is 46.4 Å². The van der Waals surface area contributed by atoms with Crippen molar-refractivity contribution in [3.63, 3.8) is 0 Å². The third-order valence-electron chi connectivity index (χ3n) is 6.80. The maximum Gasteiger partial charge on any atom is 0.221 e. The van der Waals surface area contributed by atoms with Gasteiger partial charge in [0, 0.05) is 29.4 Å². The lowest BCUT2D eigenvalue weighted by molar-refractivity contribution is -0.121. The van der Waals surface area contributed by atoms with Crippen LogP contribution in [0.4, 0.5) is 4.39 Å². The zero-order valence-corrected chi connectivity index (χ0v) is 20.2. The summed E-state index contributed by atoms with van der Waals surface area (Å²) in [7, 11) is 0. The topological polar surface area (TPSA) is 44.9 Å². The van der Waals surface area contributed by atoms with Crippen LogP contribution in [0.2, 0.25) is 0 Å². The summed E-state index contributed by atoms with van der Waals surface area (Å²) in [5, 5.41) is 4.32. The normalized spacial score (nSPS) is 12.1. The second-order valence-corrected chi connectivity index (χ2v) is 9.07. The van der Waals surface area contributed by atoms with Crippen LogP contribution in [0.5, 0.6) is 0 Å². The summed E-state index contributed by atoms with van der Waals surface area (Å²) in [6, 6.07) is 32.4. The van der Waals surface area contributed by atoms with Crippen molar-refractivity contribution >= 4 is 16.8 Å². The van der Waals surface area contributed by atoms with Gasteiger partial charge in [-0.15, -0.1) is 0 Å². The van der Waals surface area contributed by atoms with Gasteiger partial charge in [-0.3, -0.25) is 4.79 Å². The Morgan fingerprint density at radius 2 is 1.47 bits per heavy atom. The first-order valence-electron chi connectivity index (χ1n) is 12.4. The number of para-hydroxylation sites is 1. The monoisotopic (exact) mass is 476 g/mol. The Morgan fingerprint density at radius 3 is 2.11 bits per heavy atom. The highest BCUT2D eigenvalue weighted by molar-refractivity contribution is 5.88. The summed E-state index contributed by atoms with van der Waals surface area (Å²) in [5.74, 6) is -0.699. The van der Waals surface area contributed by atoms with E-state index in [0.717, 1.165) is 39.6 Å². The van der Waals surface area contributed by atoms with E-state index in [1.54, 1.807) is 6.07 Å². The van der Waals surface area contributed by atoms with Crippen LogP contribution >= 0.6 is 0 Å². The van der Waals surface area contributed by atoms with E-state index in [0.29, 0.717) is 0 Å². The molecule has 0 radical (unpaired) electrons.